The van der Waals surface area contributed by atoms with E-state index in [1.165, 1.54) is 24.0 Å². The second-order valence-corrected chi connectivity index (χ2v) is 9.56. The third-order valence-corrected chi connectivity index (χ3v) is 6.50. The molecule has 4 rings (SSSR count). The van der Waals surface area contributed by atoms with Crippen LogP contribution in [0.4, 0.5) is 5.69 Å². The van der Waals surface area contributed by atoms with Crippen molar-refractivity contribution in [2.75, 3.05) is 18.4 Å². The first-order chi connectivity index (χ1) is 14.0. The zero-order chi connectivity index (χ0) is 20.3. The topological polar surface area (TPSA) is 46.2 Å². The van der Waals surface area contributed by atoms with Crippen LogP contribution in [0.15, 0.2) is 30.5 Å². The average Bonchev–Trinajstić information content (AvgIpc) is 2.93. The first kappa shape index (κ1) is 20.5. The summed E-state index contributed by atoms with van der Waals surface area (Å²) in [6.07, 6.45) is 8.98. The Kier molecular flexibility index (Phi) is 6.31. The number of nitrogens with one attached hydrogen (secondary N) is 2. The number of aromatic nitrogens is 1. The van der Waals surface area contributed by atoms with Gasteiger partial charge in [0.25, 0.3) is 0 Å². The minimum Gasteiger partial charge on any atom is -0.489 e. The van der Waals surface area contributed by atoms with Gasteiger partial charge in [-0.05, 0) is 86.4 Å². The minimum atomic E-state index is 0.303. The van der Waals surface area contributed by atoms with E-state index in [2.05, 4.69) is 35.5 Å². The van der Waals surface area contributed by atoms with E-state index in [1.807, 2.05) is 24.4 Å². The van der Waals surface area contributed by atoms with Gasteiger partial charge in [-0.15, -0.1) is 0 Å². The summed E-state index contributed by atoms with van der Waals surface area (Å²) in [4.78, 5) is 4.61. The van der Waals surface area contributed by atoms with Gasteiger partial charge in [-0.1, -0.05) is 31.5 Å². The maximum atomic E-state index is 6.51. The summed E-state index contributed by atoms with van der Waals surface area (Å²) >= 11 is 6.51. The molecule has 4 nitrogen and oxygen atoms in total. The normalized spacial score (nSPS) is 21.1. The Balaban J connectivity index is 1.39. The second-order valence-electron chi connectivity index (χ2n) is 9.15. The molecule has 0 spiro atoms. The van der Waals surface area contributed by atoms with Gasteiger partial charge in [-0.3, -0.25) is 4.98 Å². The summed E-state index contributed by atoms with van der Waals surface area (Å²) in [6, 6.07) is 8.26. The highest BCUT2D eigenvalue weighted by Gasteiger charge is 2.29. The number of halogens is 1. The highest BCUT2D eigenvalue weighted by Crippen LogP contribution is 2.37. The molecule has 1 aliphatic heterocycles. The Labute approximate surface area is 179 Å². The molecule has 0 saturated heterocycles. The Morgan fingerprint density at radius 2 is 2.07 bits per heavy atom. The number of pyridine rings is 1. The molecule has 2 N–H and O–H groups in total. The molecule has 2 aromatic rings. The van der Waals surface area contributed by atoms with Crippen molar-refractivity contribution in [3.8, 4) is 5.75 Å². The molecular weight excluding hydrogens is 382 g/mol. The van der Waals surface area contributed by atoms with Gasteiger partial charge in [-0.25, -0.2) is 0 Å². The van der Waals surface area contributed by atoms with Gasteiger partial charge in [0.05, 0.1) is 35.2 Å². The predicted octanol–water partition coefficient (Wildman–Crippen LogP) is 5.38. The van der Waals surface area contributed by atoms with E-state index in [0.29, 0.717) is 18.1 Å². The molecule has 2 heterocycles. The Morgan fingerprint density at radius 3 is 2.86 bits per heavy atom. The number of ether oxygens (including phenoxy) is 1. The third kappa shape index (κ3) is 5.23. The number of nitrogens with zero attached hydrogens (tertiary/aromatic N) is 1. The molecule has 1 saturated carbocycles. The first-order valence-electron chi connectivity index (χ1n) is 10.9. The van der Waals surface area contributed by atoms with Crippen LogP contribution in [-0.4, -0.2) is 24.2 Å². The molecule has 1 aromatic carbocycles. The fourth-order valence-electron chi connectivity index (χ4n) is 4.62. The highest BCUT2D eigenvalue weighted by atomic mass is 35.5. The van der Waals surface area contributed by atoms with Gasteiger partial charge in [0.1, 0.15) is 5.75 Å². The maximum Gasteiger partial charge on any atom is 0.138 e. The van der Waals surface area contributed by atoms with Gasteiger partial charge < -0.3 is 15.4 Å². The molecule has 0 radical (unpaired) electrons. The summed E-state index contributed by atoms with van der Waals surface area (Å²) in [5, 5.41) is 7.78. The molecule has 5 heteroatoms. The van der Waals surface area contributed by atoms with Gasteiger partial charge in [0, 0.05) is 0 Å². The summed E-state index contributed by atoms with van der Waals surface area (Å²) in [5.41, 5.74) is 5.14. The number of rotatable bonds is 5. The number of hydrogen-bond donors (Lipinski definition) is 2. The molecule has 1 atom stereocenters. The van der Waals surface area contributed by atoms with Crippen molar-refractivity contribution in [3.63, 3.8) is 0 Å². The van der Waals surface area contributed by atoms with E-state index < -0.39 is 0 Å². The number of anilines is 1. The molecule has 2 aliphatic rings. The van der Waals surface area contributed by atoms with E-state index in [0.717, 1.165) is 60.9 Å². The van der Waals surface area contributed by atoms with E-state index >= 15 is 0 Å². The molecular formula is C24H32ClN3O. The van der Waals surface area contributed by atoms with Crippen LogP contribution in [0.25, 0.3) is 0 Å². The predicted molar refractivity (Wildman–Crippen MR) is 120 cm³/mol. The van der Waals surface area contributed by atoms with Crippen molar-refractivity contribution < 1.29 is 4.74 Å². The number of hydrogen-bond acceptors (Lipinski definition) is 4. The third-order valence-electron chi connectivity index (χ3n) is 6.19. The smallest absolute Gasteiger partial charge is 0.138 e. The Hall–Kier alpha value is -1.78. The van der Waals surface area contributed by atoms with Crippen LogP contribution in [0.1, 0.15) is 56.4 Å². The average molecular weight is 414 g/mol. The largest absolute Gasteiger partial charge is 0.489 e. The van der Waals surface area contributed by atoms with Crippen molar-refractivity contribution in [2.45, 2.75) is 65.0 Å². The van der Waals surface area contributed by atoms with Crippen molar-refractivity contribution >= 4 is 17.3 Å². The lowest BCUT2D eigenvalue weighted by atomic mass is 9.76. The van der Waals surface area contributed by atoms with Crippen LogP contribution in [0.5, 0.6) is 5.75 Å². The number of fused-ring (bicyclic) bond motifs is 1. The van der Waals surface area contributed by atoms with Crippen LogP contribution in [0, 0.1) is 5.41 Å². The molecule has 0 amide bonds. The number of benzene rings is 1. The Bertz CT molecular complexity index is 835. The van der Waals surface area contributed by atoms with Gasteiger partial charge >= 0.3 is 0 Å². The molecule has 1 aliphatic carbocycles. The van der Waals surface area contributed by atoms with Crippen molar-refractivity contribution in [2.24, 2.45) is 5.41 Å². The van der Waals surface area contributed by atoms with E-state index in [1.54, 1.807) is 0 Å². The summed E-state index contributed by atoms with van der Waals surface area (Å²) < 4.78 is 6.21. The monoisotopic (exact) mass is 413 g/mol. The van der Waals surface area contributed by atoms with E-state index in [4.69, 9.17) is 16.3 Å². The molecule has 29 heavy (non-hydrogen) atoms. The van der Waals surface area contributed by atoms with Crippen LogP contribution < -0.4 is 15.4 Å². The highest BCUT2D eigenvalue weighted by molar-refractivity contribution is 6.33. The van der Waals surface area contributed by atoms with Gasteiger partial charge in [0.2, 0.25) is 0 Å². The zero-order valence-electron chi connectivity index (χ0n) is 17.6. The summed E-state index contributed by atoms with van der Waals surface area (Å²) in [5.74, 6) is 0.870. The zero-order valence-corrected chi connectivity index (χ0v) is 18.3. The van der Waals surface area contributed by atoms with Crippen LogP contribution in [0.3, 0.4) is 0 Å². The quantitative estimate of drug-likeness (QED) is 0.690. The Morgan fingerprint density at radius 1 is 1.21 bits per heavy atom. The summed E-state index contributed by atoms with van der Waals surface area (Å²) in [6.45, 7) is 7.34. The minimum absolute atomic E-state index is 0.303. The lowest BCUT2D eigenvalue weighted by molar-refractivity contribution is 0.0848. The van der Waals surface area contributed by atoms with Crippen molar-refractivity contribution in [1.29, 1.82) is 0 Å². The molecule has 0 unspecified atom stereocenters. The molecule has 156 valence electrons. The SMILES string of the molecule is CC1(C)CCC[C@H](Oc2ccc(CNc3c(Cl)ccc4c3CCNCC4)nc2)C1. The summed E-state index contributed by atoms with van der Waals surface area (Å²) in [7, 11) is 0. The molecule has 0 bridgehead atoms. The van der Waals surface area contributed by atoms with Gasteiger partial charge in [-0.2, -0.15) is 0 Å². The molecule has 1 aromatic heterocycles. The maximum absolute atomic E-state index is 6.51. The van der Waals surface area contributed by atoms with Crippen LogP contribution in [0.2, 0.25) is 5.02 Å². The fourth-order valence-corrected chi connectivity index (χ4v) is 4.86. The molecule has 1 fully saturated rings. The lowest BCUT2D eigenvalue weighted by Crippen LogP contribution is -2.30. The fraction of sp³-hybridized carbons (Fsp3) is 0.542. The van der Waals surface area contributed by atoms with Crippen molar-refractivity contribution in [3.05, 3.63) is 52.3 Å². The van der Waals surface area contributed by atoms with Crippen LogP contribution >= 0.6 is 11.6 Å². The first-order valence-corrected chi connectivity index (χ1v) is 11.2. The second kappa shape index (κ2) is 8.93. The standard InChI is InChI=1S/C24H32ClN3O/c1-24(2)11-3-4-19(14-24)29-20-7-6-18(27-16-20)15-28-23-21-10-13-26-12-9-17(21)5-8-22(23)25/h5-8,16,19,26,28H,3-4,9-15H2,1-2H3/t19-/m0/s1. The van der Waals surface area contributed by atoms with Gasteiger partial charge in [0.15, 0.2) is 0 Å². The van der Waals surface area contributed by atoms with E-state index in [9.17, 15) is 0 Å². The van der Waals surface area contributed by atoms with Crippen LogP contribution in [-0.2, 0) is 19.4 Å². The van der Waals surface area contributed by atoms with Crippen molar-refractivity contribution in [1.82, 2.24) is 10.3 Å². The van der Waals surface area contributed by atoms with E-state index in [-0.39, 0.29) is 0 Å². The lowest BCUT2D eigenvalue weighted by Gasteiger charge is -2.35.